The summed E-state index contributed by atoms with van der Waals surface area (Å²) in [4.78, 5) is 26.5. The van der Waals surface area contributed by atoms with Crippen molar-refractivity contribution >= 4 is 40.3 Å². The molecule has 0 unspecified atom stereocenters. The molecule has 0 radical (unpaired) electrons. The van der Waals surface area contributed by atoms with E-state index in [9.17, 15) is 9.59 Å². The standard InChI is InChI=1S/C17H23BrN4O2.ClH/c18-14-4-1-3-12(7-14)10-21-17(24)22-6-2-5-15(22)16(23)20-11-13-8-19-9-13;/h1,3-4,7,13,15,19H,2,5-6,8-11H2,(H,20,23)(H,21,24);1H/t15-;/m0./s1. The highest BCUT2D eigenvalue weighted by Gasteiger charge is 2.34. The lowest BCUT2D eigenvalue weighted by Gasteiger charge is -2.29. The smallest absolute Gasteiger partial charge is 0.318 e. The van der Waals surface area contributed by atoms with Crippen LogP contribution in [0.2, 0.25) is 0 Å². The first-order valence-electron chi connectivity index (χ1n) is 8.41. The Balaban J connectivity index is 0.00000225. The Kier molecular flexibility index (Phi) is 7.53. The molecule has 2 heterocycles. The van der Waals surface area contributed by atoms with Crippen LogP contribution in [0.1, 0.15) is 18.4 Å². The van der Waals surface area contributed by atoms with Crippen LogP contribution >= 0.6 is 28.3 Å². The summed E-state index contributed by atoms with van der Waals surface area (Å²) >= 11 is 3.42. The summed E-state index contributed by atoms with van der Waals surface area (Å²) in [5.74, 6) is 0.492. The monoisotopic (exact) mass is 430 g/mol. The molecule has 3 rings (SSSR count). The van der Waals surface area contributed by atoms with Gasteiger partial charge in [0.05, 0.1) is 0 Å². The second-order valence-corrected chi connectivity index (χ2v) is 7.33. The van der Waals surface area contributed by atoms with Crippen molar-refractivity contribution in [2.45, 2.75) is 25.4 Å². The largest absolute Gasteiger partial charge is 0.354 e. The summed E-state index contributed by atoms with van der Waals surface area (Å²) in [7, 11) is 0. The fraction of sp³-hybridized carbons (Fsp3) is 0.529. The molecule has 0 aromatic heterocycles. The van der Waals surface area contributed by atoms with Gasteiger partial charge in [0.1, 0.15) is 6.04 Å². The number of nitrogens with zero attached hydrogens (tertiary/aromatic N) is 1. The van der Waals surface area contributed by atoms with Gasteiger partial charge in [0.2, 0.25) is 5.91 Å². The van der Waals surface area contributed by atoms with Crippen LogP contribution in [0.3, 0.4) is 0 Å². The minimum atomic E-state index is -0.347. The normalized spacial score (nSPS) is 19.7. The van der Waals surface area contributed by atoms with Gasteiger partial charge in [-0.25, -0.2) is 4.79 Å². The molecule has 8 heteroatoms. The lowest BCUT2D eigenvalue weighted by molar-refractivity contribution is -0.125. The van der Waals surface area contributed by atoms with E-state index < -0.39 is 0 Å². The van der Waals surface area contributed by atoms with Crippen molar-refractivity contribution in [3.8, 4) is 0 Å². The summed E-state index contributed by atoms with van der Waals surface area (Å²) in [6.07, 6.45) is 1.60. The number of carbonyl (C=O) groups is 2. The van der Waals surface area contributed by atoms with Gasteiger partial charge in [0.15, 0.2) is 0 Å². The Morgan fingerprint density at radius 2 is 2.08 bits per heavy atom. The average molecular weight is 432 g/mol. The molecule has 6 nitrogen and oxygen atoms in total. The molecule has 0 bridgehead atoms. The first-order chi connectivity index (χ1) is 11.6. The van der Waals surface area contributed by atoms with E-state index in [-0.39, 0.29) is 30.4 Å². The lowest BCUT2D eigenvalue weighted by Crippen LogP contribution is -2.53. The van der Waals surface area contributed by atoms with E-state index in [2.05, 4.69) is 31.9 Å². The minimum absolute atomic E-state index is 0. The van der Waals surface area contributed by atoms with Gasteiger partial charge in [-0.15, -0.1) is 12.4 Å². The van der Waals surface area contributed by atoms with Gasteiger partial charge in [-0.05, 0) is 30.5 Å². The average Bonchev–Trinajstić information content (AvgIpc) is 3.01. The van der Waals surface area contributed by atoms with Crippen molar-refractivity contribution in [1.82, 2.24) is 20.9 Å². The summed E-state index contributed by atoms with van der Waals surface area (Å²) in [6.45, 7) is 3.70. The number of nitrogens with one attached hydrogen (secondary N) is 3. The molecule has 0 spiro atoms. The Labute approximate surface area is 162 Å². The maximum Gasteiger partial charge on any atom is 0.318 e. The van der Waals surface area contributed by atoms with Gasteiger partial charge < -0.3 is 20.9 Å². The Hall–Kier alpha value is -1.31. The van der Waals surface area contributed by atoms with Crippen molar-refractivity contribution in [3.63, 3.8) is 0 Å². The van der Waals surface area contributed by atoms with Gasteiger partial charge in [-0.1, -0.05) is 28.1 Å². The molecule has 138 valence electrons. The van der Waals surface area contributed by atoms with Gasteiger partial charge >= 0.3 is 6.03 Å². The van der Waals surface area contributed by atoms with Gasteiger partial charge in [0, 0.05) is 43.1 Å². The van der Waals surface area contributed by atoms with E-state index >= 15 is 0 Å². The number of hydrogen-bond acceptors (Lipinski definition) is 3. The van der Waals surface area contributed by atoms with E-state index in [0.29, 0.717) is 25.6 Å². The van der Waals surface area contributed by atoms with Crippen LogP contribution in [0.25, 0.3) is 0 Å². The van der Waals surface area contributed by atoms with E-state index in [1.165, 1.54) is 0 Å². The predicted octanol–water partition coefficient (Wildman–Crippen LogP) is 1.88. The maximum absolute atomic E-state index is 12.4. The zero-order chi connectivity index (χ0) is 16.9. The fourth-order valence-corrected chi connectivity index (χ4v) is 3.51. The number of likely N-dealkylation sites (tertiary alicyclic amines) is 1. The molecule has 1 aromatic carbocycles. The van der Waals surface area contributed by atoms with E-state index in [0.717, 1.165) is 36.0 Å². The number of hydrogen-bond donors (Lipinski definition) is 3. The lowest BCUT2D eigenvalue weighted by atomic mass is 10.0. The molecule has 2 fully saturated rings. The molecule has 0 aliphatic carbocycles. The van der Waals surface area contributed by atoms with Crippen LogP contribution in [0, 0.1) is 5.92 Å². The highest BCUT2D eigenvalue weighted by atomic mass is 79.9. The second-order valence-electron chi connectivity index (χ2n) is 6.41. The van der Waals surface area contributed by atoms with Crippen LogP contribution in [0.4, 0.5) is 4.79 Å². The molecule has 2 aliphatic heterocycles. The molecule has 1 atom stereocenters. The maximum atomic E-state index is 12.4. The van der Waals surface area contributed by atoms with Crippen molar-refractivity contribution in [2.75, 3.05) is 26.2 Å². The summed E-state index contributed by atoms with van der Waals surface area (Å²) in [6, 6.07) is 7.31. The highest BCUT2D eigenvalue weighted by molar-refractivity contribution is 9.10. The van der Waals surface area contributed by atoms with Crippen LogP contribution < -0.4 is 16.0 Å². The number of urea groups is 1. The Bertz CT molecular complexity index is 612. The third kappa shape index (κ3) is 5.33. The molecule has 0 saturated carbocycles. The number of rotatable bonds is 5. The molecule has 3 amide bonds. The third-order valence-electron chi connectivity index (χ3n) is 4.58. The Morgan fingerprint density at radius 1 is 1.28 bits per heavy atom. The number of amides is 3. The van der Waals surface area contributed by atoms with Gasteiger partial charge in [-0.3, -0.25) is 4.79 Å². The molecule has 3 N–H and O–H groups in total. The summed E-state index contributed by atoms with van der Waals surface area (Å²) < 4.78 is 0.984. The fourth-order valence-electron chi connectivity index (χ4n) is 3.06. The molecule has 2 aliphatic rings. The molecular weight excluding hydrogens is 408 g/mol. The van der Waals surface area contributed by atoms with Crippen LogP contribution in [0.5, 0.6) is 0 Å². The second kappa shape index (κ2) is 9.40. The number of halogens is 2. The van der Waals surface area contributed by atoms with Crippen molar-refractivity contribution < 1.29 is 9.59 Å². The zero-order valence-corrected chi connectivity index (χ0v) is 16.4. The van der Waals surface area contributed by atoms with Crippen molar-refractivity contribution in [3.05, 3.63) is 34.3 Å². The minimum Gasteiger partial charge on any atom is -0.354 e. The Morgan fingerprint density at radius 3 is 2.76 bits per heavy atom. The zero-order valence-electron chi connectivity index (χ0n) is 14.0. The third-order valence-corrected chi connectivity index (χ3v) is 5.07. The van der Waals surface area contributed by atoms with E-state index in [1.807, 2.05) is 24.3 Å². The van der Waals surface area contributed by atoms with Crippen LogP contribution in [0.15, 0.2) is 28.7 Å². The van der Waals surface area contributed by atoms with Crippen LogP contribution in [-0.2, 0) is 11.3 Å². The quantitative estimate of drug-likeness (QED) is 0.666. The van der Waals surface area contributed by atoms with Crippen molar-refractivity contribution in [1.29, 1.82) is 0 Å². The summed E-state index contributed by atoms with van der Waals surface area (Å²) in [5, 5.41) is 9.09. The SMILES string of the molecule is Cl.O=C(NCC1CNC1)[C@@H]1CCCN1C(=O)NCc1cccc(Br)c1. The molecule has 25 heavy (non-hydrogen) atoms. The number of carbonyl (C=O) groups excluding carboxylic acids is 2. The molecular formula is C17H24BrClN4O2. The van der Waals surface area contributed by atoms with Crippen LogP contribution in [-0.4, -0.2) is 49.1 Å². The van der Waals surface area contributed by atoms with E-state index in [1.54, 1.807) is 4.90 Å². The summed E-state index contributed by atoms with van der Waals surface area (Å²) in [5.41, 5.74) is 1.02. The first-order valence-corrected chi connectivity index (χ1v) is 9.20. The molecule has 2 saturated heterocycles. The highest BCUT2D eigenvalue weighted by Crippen LogP contribution is 2.18. The first kappa shape index (κ1) is 20.0. The van der Waals surface area contributed by atoms with Gasteiger partial charge in [0.25, 0.3) is 0 Å². The topological polar surface area (TPSA) is 73.5 Å². The van der Waals surface area contributed by atoms with E-state index in [4.69, 9.17) is 0 Å². The molecule has 1 aromatic rings. The predicted molar refractivity (Wildman–Crippen MR) is 103 cm³/mol. The number of benzene rings is 1. The van der Waals surface area contributed by atoms with Crippen molar-refractivity contribution in [2.24, 2.45) is 5.92 Å². The van der Waals surface area contributed by atoms with Gasteiger partial charge in [-0.2, -0.15) is 0 Å².